The quantitative estimate of drug-likeness (QED) is 0.633. The van der Waals surface area contributed by atoms with E-state index in [4.69, 9.17) is 0 Å². The highest BCUT2D eigenvalue weighted by molar-refractivity contribution is 5.78. The minimum atomic E-state index is 0.161. The van der Waals surface area contributed by atoms with Gasteiger partial charge in [0.2, 0.25) is 5.91 Å². The fraction of sp³-hybridized carbons (Fsp3) is 0.800. The van der Waals surface area contributed by atoms with E-state index < -0.39 is 0 Å². The standard InChI is InChI=1S/C10H18N2O2/c1-8-6-11(3)10(14)4-5-12(8)7-9(2)13/h8H,4-7H2,1-3H3. The summed E-state index contributed by atoms with van der Waals surface area (Å²) in [5.74, 6) is 0.330. The summed E-state index contributed by atoms with van der Waals surface area (Å²) in [5, 5.41) is 0. The van der Waals surface area contributed by atoms with Crippen LogP contribution in [0.25, 0.3) is 0 Å². The first-order chi connectivity index (χ1) is 6.50. The molecule has 1 fully saturated rings. The van der Waals surface area contributed by atoms with Gasteiger partial charge in [-0.05, 0) is 13.8 Å². The van der Waals surface area contributed by atoms with Gasteiger partial charge in [0.25, 0.3) is 0 Å². The molecule has 0 aromatic carbocycles. The lowest BCUT2D eigenvalue weighted by atomic mass is 10.2. The van der Waals surface area contributed by atoms with Crippen molar-refractivity contribution in [2.24, 2.45) is 0 Å². The molecule has 1 rings (SSSR count). The second-order valence-electron chi connectivity index (χ2n) is 4.05. The lowest BCUT2D eigenvalue weighted by Crippen LogP contribution is -2.40. The van der Waals surface area contributed by atoms with Crippen LogP contribution in [-0.4, -0.2) is 54.2 Å². The third-order valence-corrected chi connectivity index (χ3v) is 2.63. The Labute approximate surface area is 84.9 Å². The highest BCUT2D eigenvalue weighted by atomic mass is 16.2. The van der Waals surface area contributed by atoms with Crippen LogP contribution in [0.2, 0.25) is 0 Å². The lowest BCUT2D eigenvalue weighted by molar-refractivity contribution is -0.129. The van der Waals surface area contributed by atoms with Crippen LogP contribution in [0.4, 0.5) is 0 Å². The van der Waals surface area contributed by atoms with Crippen LogP contribution < -0.4 is 0 Å². The molecule has 0 aromatic heterocycles. The largest absolute Gasteiger partial charge is 0.344 e. The summed E-state index contributed by atoms with van der Waals surface area (Å²) in [5.41, 5.74) is 0. The van der Waals surface area contributed by atoms with Crippen molar-refractivity contribution < 1.29 is 9.59 Å². The summed E-state index contributed by atoms with van der Waals surface area (Å²) in [4.78, 5) is 26.2. The molecular weight excluding hydrogens is 180 g/mol. The van der Waals surface area contributed by atoms with Gasteiger partial charge >= 0.3 is 0 Å². The molecule has 1 atom stereocenters. The Bertz CT molecular complexity index is 240. The monoisotopic (exact) mass is 198 g/mol. The summed E-state index contributed by atoms with van der Waals surface area (Å²) in [7, 11) is 1.82. The summed E-state index contributed by atoms with van der Waals surface area (Å²) in [6.45, 7) is 5.51. The van der Waals surface area contributed by atoms with E-state index >= 15 is 0 Å². The average Bonchev–Trinajstić information content (AvgIpc) is 2.18. The van der Waals surface area contributed by atoms with Crippen molar-refractivity contribution in [2.75, 3.05) is 26.7 Å². The second-order valence-corrected chi connectivity index (χ2v) is 4.05. The summed E-state index contributed by atoms with van der Waals surface area (Å²) in [6, 6.07) is 0.273. The minimum absolute atomic E-state index is 0.161. The van der Waals surface area contributed by atoms with Crippen LogP contribution >= 0.6 is 0 Å². The van der Waals surface area contributed by atoms with E-state index in [1.807, 2.05) is 7.05 Å². The maximum Gasteiger partial charge on any atom is 0.223 e. The normalized spacial score (nSPS) is 24.9. The Morgan fingerprint density at radius 2 is 2.21 bits per heavy atom. The van der Waals surface area contributed by atoms with E-state index in [0.29, 0.717) is 26.1 Å². The molecule has 4 nitrogen and oxygen atoms in total. The number of hydrogen-bond acceptors (Lipinski definition) is 3. The highest BCUT2D eigenvalue weighted by Gasteiger charge is 2.24. The molecule has 1 heterocycles. The lowest BCUT2D eigenvalue weighted by Gasteiger charge is -2.26. The molecule has 14 heavy (non-hydrogen) atoms. The predicted molar refractivity (Wildman–Crippen MR) is 54.0 cm³/mol. The van der Waals surface area contributed by atoms with Crippen LogP contribution in [0.3, 0.4) is 0 Å². The Morgan fingerprint density at radius 3 is 2.79 bits per heavy atom. The van der Waals surface area contributed by atoms with E-state index in [1.54, 1.807) is 11.8 Å². The van der Waals surface area contributed by atoms with Crippen LogP contribution in [-0.2, 0) is 9.59 Å². The fourth-order valence-electron chi connectivity index (χ4n) is 1.79. The molecule has 0 bridgehead atoms. The molecular formula is C10H18N2O2. The van der Waals surface area contributed by atoms with E-state index in [-0.39, 0.29) is 17.7 Å². The van der Waals surface area contributed by atoms with Crippen LogP contribution in [0, 0.1) is 0 Å². The van der Waals surface area contributed by atoms with Crippen molar-refractivity contribution in [3.8, 4) is 0 Å². The third-order valence-electron chi connectivity index (χ3n) is 2.63. The number of rotatable bonds is 2. The number of nitrogens with zero attached hydrogens (tertiary/aromatic N) is 2. The Morgan fingerprint density at radius 1 is 1.57 bits per heavy atom. The molecule has 1 saturated heterocycles. The average molecular weight is 198 g/mol. The number of Topliss-reactive ketones (excluding diaryl/α,β-unsaturated/α-hetero) is 1. The van der Waals surface area contributed by atoms with Gasteiger partial charge in [0.1, 0.15) is 5.78 Å². The van der Waals surface area contributed by atoms with E-state index in [0.717, 1.165) is 0 Å². The van der Waals surface area contributed by atoms with Gasteiger partial charge < -0.3 is 4.90 Å². The first-order valence-electron chi connectivity index (χ1n) is 4.98. The number of carbonyl (C=O) groups is 2. The maximum atomic E-state index is 11.4. The zero-order chi connectivity index (χ0) is 10.7. The molecule has 0 aliphatic carbocycles. The second kappa shape index (κ2) is 4.55. The van der Waals surface area contributed by atoms with Crippen LogP contribution in [0.15, 0.2) is 0 Å². The van der Waals surface area contributed by atoms with Crippen LogP contribution in [0.5, 0.6) is 0 Å². The van der Waals surface area contributed by atoms with Crippen molar-refractivity contribution in [2.45, 2.75) is 26.3 Å². The van der Waals surface area contributed by atoms with Gasteiger partial charge in [-0.1, -0.05) is 0 Å². The van der Waals surface area contributed by atoms with E-state index in [1.165, 1.54) is 0 Å². The summed E-state index contributed by atoms with van der Waals surface area (Å²) < 4.78 is 0. The van der Waals surface area contributed by atoms with Gasteiger partial charge in [-0.3, -0.25) is 14.5 Å². The predicted octanol–water partition coefficient (Wildman–Crippen LogP) is 0.128. The van der Waals surface area contributed by atoms with Crippen molar-refractivity contribution in [3.63, 3.8) is 0 Å². The smallest absolute Gasteiger partial charge is 0.223 e. The zero-order valence-corrected chi connectivity index (χ0v) is 9.12. The molecule has 0 N–H and O–H groups in total. The van der Waals surface area contributed by atoms with Gasteiger partial charge in [0, 0.05) is 32.6 Å². The molecule has 0 saturated carbocycles. The molecule has 1 aliphatic heterocycles. The summed E-state index contributed by atoms with van der Waals surface area (Å²) in [6.07, 6.45) is 0.522. The molecule has 1 aliphatic rings. The first kappa shape index (κ1) is 11.2. The van der Waals surface area contributed by atoms with Gasteiger partial charge in [-0.25, -0.2) is 0 Å². The number of amides is 1. The summed E-state index contributed by atoms with van der Waals surface area (Å²) >= 11 is 0. The molecule has 4 heteroatoms. The molecule has 1 unspecified atom stereocenters. The topological polar surface area (TPSA) is 40.6 Å². The van der Waals surface area contributed by atoms with Gasteiger partial charge in [-0.2, -0.15) is 0 Å². The zero-order valence-electron chi connectivity index (χ0n) is 9.12. The van der Waals surface area contributed by atoms with Crippen LogP contribution in [0.1, 0.15) is 20.3 Å². The van der Waals surface area contributed by atoms with Gasteiger partial charge in [-0.15, -0.1) is 0 Å². The number of likely N-dealkylation sites (N-methyl/N-ethyl adjacent to an activating group) is 1. The fourth-order valence-corrected chi connectivity index (χ4v) is 1.79. The third kappa shape index (κ3) is 2.80. The van der Waals surface area contributed by atoms with E-state index in [9.17, 15) is 9.59 Å². The number of hydrogen-bond donors (Lipinski definition) is 0. The molecule has 0 radical (unpaired) electrons. The van der Waals surface area contributed by atoms with Crippen molar-refractivity contribution >= 4 is 11.7 Å². The van der Waals surface area contributed by atoms with Crippen molar-refractivity contribution in [1.29, 1.82) is 0 Å². The Hall–Kier alpha value is -0.900. The SMILES string of the molecule is CC(=O)CN1CCC(=O)N(C)CC1C. The highest BCUT2D eigenvalue weighted by Crippen LogP contribution is 2.08. The number of ketones is 1. The van der Waals surface area contributed by atoms with E-state index in [2.05, 4.69) is 11.8 Å². The Kier molecular flexibility index (Phi) is 3.63. The molecule has 0 spiro atoms. The molecule has 0 aromatic rings. The van der Waals surface area contributed by atoms with Gasteiger partial charge in [0.15, 0.2) is 0 Å². The number of carbonyl (C=O) groups excluding carboxylic acids is 2. The molecule has 80 valence electrons. The van der Waals surface area contributed by atoms with Crippen molar-refractivity contribution in [1.82, 2.24) is 9.80 Å². The maximum absolute atomic E-state index is 11.4. The van der Waals surface area contributed by atoms with Gasteiger partial charge in [0.05, 0.1) is 6.54 Å². The molecule has 1 amide bonds. The first-order valence-corrected chi connectivity index (χ1v) is 4.98. The van der Waals surface area contributed by atoms with Crippen molar-refractivity contribution in [3.05, 3.63) is 0 Å². The minimum Gasteiger partial charge on any atom is -0.344 e. The Balaban J connectivity index is 2.60.